The Morgan fingerprint density at radius 1 is 1.67 bits per heavy atom. The molecule has 1 rings (SSSR count). The molecule has 12 heavy (non-hydrogen) atoms. The van der Waals surface area contributed by atoms with Crippen LogP contribution in [0.25, 0.3) is 0 Å². The lowest BCUT2D eigenvalue weighted by molar-refractivity contribution is -0.119. The van der Waals surface area contributed by atoms with Crippen LogP contribution in [0.3, 0.4) is 0 Å². The molecule has 0 aromatic rings. The maximum atomic E-state index is 10.9. The maximum Gasteiger partial charge on any atom is 0.128 e. The lowest BCUT2D eigenvalue weighted by atomic mass is 9.88. The zero-order valence-corrected chi connectivity index (χ0v) is 8.01. The first-order valence-corrected chi connectivity index (χ1v) is 4.76. The van der Waals surface area contributed by atoms with Crippen LogP contribution in [0.1, 0.15) is 33.1 Å². The Kier molecular flexibility index (Phi) is 3.27. The van der Waals surface area contributed by atoms with Gasteiger partial charge in [-0.1, -0.05) is 6.92 Å². The Balaban J connectivity index is 2.46. The summed E-state index contributed by atoms with van der Waals surface area (Å²) in [6.07, 6.45) is 4.30. The predicted molar refractivity (Wildman–Crippen MR) is 48.0 cm³/mol. The van der Waals surface area contributed by atoms with Crippen molar-refractivity contribution >= 4 is 6.29 Å². The van der Waals surface area contributed by atoms with Gasteiger partial charge in [-0.2, -0.15) is 0 Å². The fourth-order valence-corrected chi connectivity index (χ4v) is 2.01. The topological polar surface area (TPSA) is 26.3 Å². The maximum absolute atomic E-state index is 10.9. The fraction of sp³-hybridized carbons (Fsp3) is 0.900. The standard InChI is InChI=1S/C10H18O2/c1-3-12-8-10(7-11)5-4-9(2)6-10/h7,9H,3-6,8H2,1-2H3. The number of carbonyl (C=O) groups excluding carboxylic acids is 1. The zero-order chi connectivity index (χ0) is 9.03. The van der Waals surface area contributed by atoms with E-state index in [0.717, 1.165) is 19.1 Å². The van der Waals surface area contributed by atoms with E-state index in [1.54, 1.807) is 0 Å². The van der Waals surface area contributed by atoms with Crippen LogP contribution in [-0.2, 0) is 9.53 Å². The van der Waals surface area contributed by atoms with E-state index < -0.39 is 0 Å². The second-order valence-electron chi connectivity index (χ2n) is 3.97. The van der Waals surface area contributed by atoms with Gasteiger partial charge in [-0.25, -0.2) is 0 Å². The molecule has 1 aliphatic carbocycles. The van der Waals surface area contributed by atoms with Crippen LogP contribution in [0.15, 0.2) is 0 Å². The van der Waals surface area contributed by atoms with E-state index in [-0.39, 0.29) is 5.41 Å². The predicted octanol–water partition coefficient (Wildman–Crippen LogP) is 2.03. The minimum absolute atomic E-state index is 0.143. The number of rotatable bonds is 4. The fourth-order valence-electron chi connectivity index (χ4n) is 2.01. The van der Waals surface area contributed by atoms with Crippen molar-refractivity contribution in [3.05, 3.63) is 0 Å². The monoisotopic (exact) mass is 170 g/mol. The molecule has 0 aromatic carbocycles. The molecule has 0 spiro atoms. The van der Waals surface area contributed by atoms with Gasteiger partial charge < -0.3 is 9.53 Å². The molecule has 2 nitrogen and oxygen atoms in total. The van der Waals surface area contributed by atoms with E-state index in [0.29, 0.717) is 19.1 Å². The molecule has 0 radical (unpaired) electrons. The van der Waals surface area contributed by atoms with Gasteiger partial charge in [-0.3, -0.25) is 0 Å². The van der Waals surface area contributed by atoms with Crippen molar-refractivity contribution in [2.75, 3.05) is 13.2 Å². The van der Waals surface area contributed by atoms with Crippen molar-refractivity contribution in [3.63, 3.8) is 0 Å². The lowest BCUT2D eigenvalue weighted by Gasteiger charge is -2.21. The molecule has 1 aliphatic rings. The van der Waals surface area contributed by atoms with E-state index in [9.17, 15) is 4.79 Å². The van der Waals surface area contributed by atoms with Crippen molar-refractivity contribution in [3.8, 4) is 0 Å². The summed E-state index contributed by atoms with van der Waals surface area (Å²) in [5, 5.41) is 0. The summed E-state index contributed by atoms with van der Waals surface area (Å²) in [5.74, 6) is 0.690. The molecular weight excluding hydrogens is 152 g/mol. The molecule has 0 aliphatic heterocycles. The highest BCUT2D eigenvalue weighted by Crippen LogP contribution is 2.40. The SMILES string of the molecule is CCOCC1(C=O)CCC(C)C1. The normalized spacial score (nSPS) is 35.3. The van der Waals surface area contributed by atoms with Crippen molar-refractivity contribution in [1.29, 1.82) is 0 Å². The molecule has 0 N–H and O–H groups in total. The first-order valence-electron chi connectivity index (χ1n) is 4.76. The van der Waals surface area contributed by atoms with Crippen LogP contribution >= 0.6 is 0 Å². The Morgan fingerprint density at radius 3 is 2.83 bits per heavy atom. The van der Waals surface area contributed by atoms with Crippen LogP contribution in [0, 0.1) is 11.3 Å². The summed E-state index contributed by atoms with van der Waals surface area (Å²) < 4.78 is 5.33. The van der Waals surface area contributed by atoms with Gasteiger partial charge in [0.25, 0.3) is 0 Å². The third kappa shape index (κ3) is 2.07. The highest BCUT2D eigenvalue weighted by atomic mass is 16.5. The average Bonchev–Trinajstić information content (AvgIpc) is 2.45. The summed E-state index contributed by atoms with van der Waals surface area (Å²) in [7, 11) is 0. The summed E-state index contributed by atoms with van der Waals surface area (Å²) in [4.78, 5) is 10.9. The molecule has 2 unspecified atom stereocenters. The van der Waals surface area contributed by atoms with Gasteiger partial charge in [0.05, 0.1) is 6.61 Å². The Hall–Kier alpha value is -0.370. The molecule has 0 heterocycles. The molecular formula is C10H18O2. The van der Waals surface area contributed by atoms with E-state index in [1.807, 2.05) is 6.92 Å². The molecule has 1 fully saturated rings. The number of hydrogen-bond acceptors (Lipinski definition) is 2. The van der Waals surface area contributed by atoms with E-state index >= 15 is 0 Å². The number of ether oxygens (including phenoxy) is 1. The van der Waals surface area contributed by atoms with Crippen molar-refractivity contribution in [2.24, 2.45) is 11.3 Å². The molecule has 1 saturated carbocycles. The quantitative estimate of drug-likeness (QED) is 0.603. The largest absolute Gasteiger partial charge is 0.381 e. The molecule has 2 heteroatoms. The Labute approximate surface area is 74.3 Å². The second-order valence-corrected chi connectivity index (χ2v) is 3.97. The van der Waals surface area contributed by atoms with Gasteiger partial charge in [-0.15, -0.1) is 0 Å². The van der Waals surface area contributed by atoms with Gasteiger partial charge in [-0.05, 0) is 32.1 Å². The van der Waals surface area contributed by atoms with Crippen molar-refractivity contribution in [2.45, 2.75) is 33.1 Å². The smallest absolute Gasteiger partial charge is 0.128 e. The Morgan fingerprint density at radius 2 is 2.42 bits per heavy atom. The summed E-state index contributed by atoms with van der Waals surface area (Å²) in [5.41, 5.74) is -0.143. The third-order valence-electron chi connectivity index (χ3n) is 2.73. The third-order valence-corrected chi connectivity index (χ3v) is 2.73. The van der Waals surface area contributed by atoms with Gasteiger partial charge in [0.15, 0.2) is 0 Å². The highest BCUT2D eigenvalue weighted by molar-refractivity contribution is 5.60. The van der Waals surface area contributed by atoms with Crippen LogP contribution in [0.2, 0.25) is 0 Å². The second kappa shape index (κ2) is 4.04. The van der Waals surface area contributed by atoms with E-state index in [4.69, 9.17) is 4.74 Å². The van der Waals surface area contributed by atoms with Crippen molar-refractivity contribution in [1.82, 2.24) is 0 Å². The summed E-state index contributed by atoms with van der Waals surface area (Å²) >= 11 is 0. The minimum atomic E-state index is -0.143. The summed E-state index contributed by atoms with van der Waals surface area (Å²) in [6.45, 7) is 5.51. The van der Waals surface area contributed by atoms with Gasteiger partial charge in [0, 0.05) is 12.0 Å². The van der Waals surface area contributed by atoms with Crippen LogP contribution in [-0.4, -0.2) is 19.5 Å². The number of carbonyl (C=O) groups is 1. The first kappa shape index (κ1) is 9.72. The summed E-state index contributed by atoms with van der Waals surface area (Å²) in [6, 6.07) is 0. The van der Waals surface area contributed by atoms with E-state index in [2.05, 4.69) is 6.92 Å². The van der Waals surface area contributed by atoms with E-state index in [1.165, 1.54) is 6.42 Å². The first-order chi connectivity index (χ1) is 5.72. The minimum Gasteiger partial charge on any atom is -0.381 e. The average molecular weight is 170 g/mol. The molecule has 0 saturated heterocycles. The van der Waals surface area contributed by atoms with Crippen molar-refractivity contribution < 1.29 is 9.53 Å². The molecule has 70 valence electrons. The molecule has 2 atom stereocenters. The molecule has 0 amide bonds. The van der Waals surface area contributed by atoms with Crippen LogP contribution in [0.5, 0.6) is 0 Å². The van der Waals surface area contributed by atoms with Crippen LogP contribution < -0.4 is 0 Å². The zero-order valence-electron chi connectivity index (χ0n) is 8.01. The van der Waals surface area contributed by atoms with Gasteiger partial charge >= 0.3 is 0 Å². The molecule has 0 bridgehead atoms. The number of hydrogen-bond donors (Lipinski definition) is 0. The lowest BCUT2D eigenvalue weighted by Crippen LogP contribution is -2.25. The number of aldehydes is 1. The van der Waals surface area contributed by atoms with Gasteiger partial charge in [0.2, 0.25) is 0 Å². The highest BCUT2D eigenvalue weighted by Gasteiger charge is 2.37. The Bertz CT molecular complexity index is 156. The molecule has 0 aromatic heterocycles. The van der Waals surface area contributed by atoms with Gasteiger partial charge in [0.1, 0.15) is 6.29 Å². The van der Waals surface area contributed by atoms with Crippen LogP contribution in [0.4, 0.5) is 0 Å².